The Morgan fingerprint density at radius 1 is 0.879 bits per heavy atom. The van der Waals surface area contributed by atoms with E-state index >= 15 is 0 Å². The molecule has 1 atom stereocenters. The van der Waals surface area contributed by atoms with Crippen molar-refractivity contribution in [1.29, 1.82) is 0 Å². The number of fused-ring (bicyclic) bond motifs is 1. The summed E-state index contributed by atoms with van der Waals surface area (Å²) in [5.74, 6) is 0.412. The molecule has 0 bridgehead atoms. The lowest BCUT2D eigenvalue weighted by molar-refractivity contribution is -0.140. The fraction of sp³-hybridized carbons (Fsp3) is 0.414. The number of phenols is 1. The summed E-state index contributed by atoms with van der Waals surface area (Å²) in [4.78, 5) is 13.7. The second-order valence-corrected chi connectivity index (χ2v) is 10.3. The van der Waals surface area contributed by atoms with E-state index in [1.165, 1.54) is 5.56 Å². The van der Waals surface area contributed by atoms with Gasteiger partial charge in [-0.15, -0.1) is 0 Å². The monoisotopic (exact) mass is 447 g/mol. The molecule has 0 saturated heterocycles. The maximum Gasteiger partial charge on any atom is 0.268 e. The van der Waals surface area contributed by atoms with Gasteiger partial charge in [-0.1, -0.05) is 84.0 Å². The zero-order chi connectivity index (χ0) is 24.4. The fourth-order valence-corrected chi connectivity index (χ4v) is 3.84. The number of aromatic hydroxyl groups is 1. The van der Waals surface area contributed by atoms with Gasteiger partial charge in [0.05, 0.1) is 5.69 Å². The molecule has 0 radical (unpaired) electrons. The number of carbonyl (C=O) groups is 1. The van der Waals surface area contributed by atoms with Crippen molar-refractivity contribution in [2.75, 3.05) is 5.32 Å². The lowest BCUT2D eigenvalue weighted by atomic mass is 9.73. The highest BCUT2D eigenvalue weighted by atomic mass is 16.5. The van der Waals surface area contributed by atoms with E-state index in [0.29, 0.717) is 16.8 Å². The van der Waals surface area contributed by atoms with Gasteiger partial charge in [0.25, 0.3) is 5.91 Å². The molecular weight excluding hydrogens is 410 g/mol. The number of anilines is 1. The standard InChI is InChI=1S/C29H37NO3/c1-8-27(3,4)21-15-17-22(18-16-21)33-29(7,28(5,6)9-2)26(32)30-24-19-14-20-12-10-11-13-23(20)25(24)31/h10-19,31H,8-9H2,1-7H3,(H,30,32). The van der Waals surface area contributed by atoms with Gasteiger partial charge in [-0.25, -0.2) is 0 Å². The third-order valence-corrected chi connectivity index (χ3v) is 7.60. The van der Waals surface area contributed by atoms with Gasteiger partial charge in [0.2, 0.25) is 0 Å². The topological polar surface area (TPSA) is 58.6 Å². The molecule has 4 nitrogen and oxygen atoms in total. The zero-order valence-corrected chi connectivity index (χ0v) is 21.0. The maximum absolute atomic E-state index is 13.7. The van der Waals surface area contributed by atoms with Crippen molar-refractivity contribution in [3.05, 3.63) is 66.2 Å². The molecule has 0 saturated carbocycles. The average molecular weight is 448 g/mol. The Hall–Kier alpha value is -3.01. The summed E-state index contributed by atoms with van der Waals surface area (Å²) in [6, 6.07) is 19.2. The molecule has 0 aliphatic heterocycles. The molecule has 3 rings (SSSR count). The van der Waals surface area contributed by atoms with Gasteiger partial charge in [-0.3, -0.25) is 4.79 Å². The van der Waals surface area contributed by atoms with Gasteiger partial charge in [-0.05, 0) is 54.3 Å². The van der Waals surface area contributed by atoms with Crippen LogP contribution in [-0.4, -0.2) is 16.6 Å². The van der Waals surface area contributed by atoms with Crippen molar-refractivity contribution in [3.8, 4) is 11.5 Å². The summed E-state index contributed by atoms with van der Waals surface area (Å²) in [7, 11) is 0. The van der Waals surface area contributed by atoms with Gasteiger partial charge < -0.3 is 15.2 Å². The first-order valence-corrected chi connectivity index (χ1v) is 11.8. The van der Waals surface area contributed by atoms with Crippen molar-refractivity contribution in [2.24, 2.45) is 5.41 Å². The van der Waals surface area contributed by atoms with Crippen LogP contribution in [0.15, 0.2) is 60.7 Å². The number of amides is 1. The first kappa shape index (κ1) is 24.6. The minimum absolute atomic E-state index is 0.0595. The van der Waals surface area contributed by atoms with Crippen LogP contribution in [0, 0.1) is 5.41 Å². The predicted octanol–water partition coefficient (Wildman–Crippen LogP) is 7.45. The van der Waals surface area contributed by atoms with Crippen LogP contribution in [-0.2, 0) is 10.2 Å². The molecule has 0 spiro atoms. The molecule has 0 aliphatic rings. The van der Waals surface area contributed by atoms with Gasteiger partial charge in [0, 0.05) is 10.8 Å². The molecule has 1 unspecified atom stereocenters. The molecule has 4 heteroatoms. The smallest absolute Gasteiger partial charge is 0.268 e. The fourth-order valence-electron chi connectivity index (χ4n) is 3.84. The molecule has 0 fully saturated rings. The zero-order valence-electron chi connectivity index (χ0n) is 21.0. The molecule has 176 valence electrons. The number of hydrogen-bond acceptors (Lipinski definition) is 3. The van der Waals surface area contributed by atoms with E-state index in [1.807, 2.05) is 63.2 Å². The van der Waals surface area contributed by atoms with Crippen LogP contribution in [0.4, 0.5) is 5.69 Å². The number of ether oxygens (including phenoxy) is 1. The van der Waals surface area contributed by atoms with Crippen LogP contribution in [0.5, 0.6) is 11.5 Å². The SMILES string of the molecule is CCC(C)(C)c1ccc(OC(C)(C(=O)Nc2ccc3ccccc3c2O)C(C)(C)CC)cc1. The minimum Gasteiger partial charge on any atom is -0.505 e. The average Bonchev–Trinajstić information content (AvgIpc) is 2.81. The minimum atomic E-state index is -1.17. The van der Waals surface area contributed by atoms with E-state index in [0.717, 1.165) is 18.2 Å². The normalized spacial score (nSPS) is 14.0. The number of hydrogen-bond donors (Lipinski definition) is 2. The summed E-state index contributed by atoms with van der Waals surface area (Å²) in [5, 5.41) is 15.3. The van der Waals surface area contributed by atoms with Crippen molar-refractivity contribution in [3.63, 3.8) is 0 Å². The van der Waals surface area contributed by atoms with E-state index in [-0.39, 0.29) is 17.1 Å². The van der Waals surface area contributed by atoms with E-state index in [2.05, 4.69) is 45.1 Å². The summed E-state index contributed by atoms with van der Waals surface area (Å²) in [6.45, 7) is 14.6. The second-order valence-electron chi connectivity index (χ2n) is 10.3. The molecule has 1 amide bonds. The van der Waals surface area contributed by atoms with Crippen molar-refractivity contribution in [2.45, 2.75) is 72.3 Å². The first-order chi connectivity index (χ1) is 15.4. The summed E-state index contributed by atoms with van der Waals surface area (Å²) < 4.78 is 6.43. The number of nitrogens with one attached hydrogen (secondary N) is 1. The van der Waals surface area contributed by atoms with Crippen LogP contribution in [0.25, 0.3) is 10.8 Å². The number of phenolic OH excluding ortho intramolecular Hbond substituents is 1. The molecule has 3 aromatic carbocycles. The lowest BCUT2D eigenvalue weighted by Crippen LogP contribution is -2.56. The molecule has 0 aromatic heterocycles. The number of carbonyl (C=O) groups excluding carboxylic acids is 1. The highest BCUT2D eigenvalue weighted by Gasteiger charge is 2.49. The molecular formula is C29H37NO3. The second kappa shape index (κ2) is 9.09. The van der Waals surface area contributed by atoms with E-state index in [1.54, 1.807) is 6.07 Å². The van der Waals surface area contributed by atoms with Crippen LogP contribution < -0.4 is 10.1 Å². The Labute approximate surface area is 198 Å². The first-order valence-electron chi connectivity index (χ1n) is 11.8. The highest BCUT2D eigenvalue weighted by Crippen LogP contribution is 2.41. The molecule has 33 heavy (non-hydrogen) atoms. The van der Waals surface area contributed by atoms with E-state index in [4.69, 9.17) is 4.74 Å². The van der Waals surface area contributed by atoms with Crippen LogP contribution in [0.2, 0.25) is 0 Å². The molecule has 0 heterocycles. The number of rotatable bonds is 8. The summed E-state index contributed by atoms with van der Waals surface area (Å²) >= 11 is 0. The van der Waals surface area contributed by atoms with Crippen LogP contribution >= 0.6 is 0 Å². The Bertz CT molecular complexity index is 1130. The Morgan fingerprint density at radius 3 is 2.12 bits per heavy atom. The van der Waals surface area contributed by atoms with E-state index < -0.39 is 11.0 Å². The van der Waals surface area contributed by atoms with Crippen molar-refractivity contribution < 1.29 is 14.6 Å². The molecule has 0 aliphatic carbocycles. The van der Waals surface area contributed by atoms with E-state index in [9.17, 15) is 9.90 Å². The van der Waals surface area contributed by atoms with Crippen molar-refractivity contribution in [1.82, 2.24) is 0 Å². The van der Waals surface area contributed by atoms with Crippen LogP contribution in [0.1, 0.15) is 66.9 Å². The third-order valence-electron chi connectivity index (χ3n) is 7.60. The Morgan fingerprint density at radius 2 is 1.52 bits per heavy atom. The Kier molecular flexibility index (Phi) is 6.78. The predicted molar refractivity (Wildman–Crippen MR) is 137 cm³/mol. The highest BCUT2D eigenvalue weighted by molar-refractivity contribution is 6.02. The lowest BCUT2D eigenvalue weighted by Gasteiger charge is -2.42. The van der Waals surface area contributed by atoms with Gasteiger partial charge in [0.1, 0.15) is 11.5 Å². The maximum atomic E-state index is 13.7. The summed E-state index contributed by atoms with van der Waals surface area (Å²) in [6.07, 6.45) is 1.77. The quantitative estimate of drug-likeness (QED) is 0.353. The van der Waals surface area contributed by atoms with Gasteiger partial charge in [-0.2, -0.15) is 0 Å². The largest absolute Gasteiger partial charge is 0.505 e. The Balaban J connectivity index is 1.94. The third kappa shape index (κ3) is 4.71. The van der Waals surface area contributed by atoms with Gasteiger partial charge >= 0.3 is 0 Å². The summed E-state index contributed by atoms with van der Waals surface area (Å²) in [5.41, 5.74) is 0.0574. The molecule has 2 N–H and O–H groups in total. The number of benzene rings is 3. The van der Waals surface area contributed by atoms with Gasteiger partial charge in [0.15, 0.2) is 5.60 Å². The molecule has 3 aromatic rings. The van der Waals surface area contributed by atoms with Crippen LogP contribution in [0.3, 0.4) is 0 Å². The van der Waals surface area contributed by atoms with Crippen molar-refractivity contribution >= 4 is 22.4 Å².